The molecule has 0 radical (unpaired) electrons. The Bertz CT molecular complexity index is 1480. The quantitative estimate of drug-likeness (QED) is 0.132. The number of hydrogen-bond donors (Lipinski definition) is 8. The lowest BCUT2D eigenvalue weighted by Gasteiger charge is -1.89. The topological polar surface area (TPSA) is 267 Å². The molecule has 5 aromatic rings. The Balaban J connectivity index is 0.000000133. The number of fused-ring (bicyclic) bond motifs is 2. The van der Waals surface area contributed by atoms with Gasteiger partial charge in [-0.05, 0) is 6.92 Å². The Hall–Kier alpha value is -5.02. The first-order chi connectivity index (χ1) is 14.7. The van der Waals surface area contributed by atoms with Crippen LogP contribution >= 0.6 is 0 Å². The van der Waals surface area contributed by atoms with E-state index in [9.17, 15) is 19.2 Å². The zero-order valence-electron chi connectivity index (χ0n) is 15.8. The van der Waals surface area contributed by atoms with Crippen molar-refractivity contribution in [3.8, 4) is 0 Å². The van der Waals surface area contributed by atoms with Crippen LogP contribution < -0.4 is 33.8 Å². The van der Waals surface area contributed by atoms with Crippen LogP contribution in [0.15, 0.2) is 38.0 Å². The number of nitrogen functional groups attached to an aromatic ring is 2. The summed E-state index contributed by atoms with van der Waals surface area (Å²) in [6, 6.07) is 0. The normalized spacial score (nSPS) is 10.2. The molecule has 16 heteroatoms. The van der Waals surface area contributed by atoms with Gasteiger partial charge in [-0.15, -0.1) is 0 Å². The van der Waals surface area contributed by atoms with E-state index in [1.807, 2.05) is 0 Å². The van der Waals surface area contributed by atoms with Gasteiger partial charge in [-0.25, -0.2) is 14.8 Å². The monoisotopic (exact) mass is 428 g/mol. The molecule has 0 atom stereocenters. The first kappa shape index (κ1) is 20.7. The van der Waals surface area contributed by atoms with Gasteiger partial charge in [0.05, 0.1) is 12.7 Å². The average Bonchev–Trinajstić information content (AvgIpc) is 3.35. The maximum Gasteiger partial charge on any atom is 0.325 e. The second-order valence-electron chi connectivity index (χ2n) is 5.86. The van der Waals surface area contributed by atoms with Crippen molar-refractivity contribution in [3.05, 3.63) is 66.0 Å². The molecule has 0 aliphatic rings. The molecule has 5 heterocycles. The Morgan fingerprint density at radius 3 is 1.61 bits per heavy atom. The summed E-state index contributed by atoms with van der Waals surface area (Å²) in [5, 5.41) is 0. The summed E-state index contributed by atoms with van der Waals surface area (Å²) in [7, 11) is 0. The summed E-state index contributed by atoms with van der Waals surface area (Å²) in [4.78, 5) is 72.4. The summed E-state index contributed by atoms with van der Waals surface area (Å²) in [6.07, 6.45) is 4.17. The molecule has 10 N–H and O–H groups in total. The number of aromatic amines is 6. The van der Waals surface area contributed by atoms with Crippen molar-refractivity contribution in [2.45, 2.75) is 6.92 Å². The number of nitrogens with two attached hydrogens (primary N) is 2. The lowest BCUT2D eigenvalue weighted by Crippen LogP contribution is -2.22. The van der Waals surface area contributed by atoms with E-state index in [2.05, 4.69) is 49.8 Å². The molecule has 0 aliphatic heterocycles. The number of anilines is 2. The van der Waals surface area contributed by atoms with E-state index < -0.39 is 5.69 Å². The highest BCUT2D eigenvalue weighted by molar-refractivity contribution is 5.69. The first-order valence-electron chi connectivity index (χ1n) is 8.41. The second-order valence-corrected chi connectivity index (χ2v) is 5.86. The predicted molar refractivity (Wildman–Crippen MR) is 110 cm³/mol. The molecular weight excluding hydrogens is 412 g/mol. The van der Waals surface area contributed by atoms with Gasteiger partial charge < -0.3 is 26.4 Å². The summed E-state index contributed by atoms with van der Waals surface area (Å²) < 4.78 is 0. The Labute approximate surface area is 169 Å². The van der Waals surface area contributed by atoms with E-state index in [-0.39, 0.29) is 28.6 Å². The molecule has 0 fully saturated rings. The molecule has 0 spiro atoms. The highest BCUT2D eigenvalue weighted by atomic mass is 16.2. The third-order valence-electron chi connectivity index (χ3n) is 3.63. The van der Waals surface area contributed by atoms with Gasteiger partial charge in [0.25, 0.3) is 16.7 Å². The van der Waals surface area contributed by atoms with E-state index in [1.165, 1.54) is 18.9 Å². The Morgan fingerprint density at radius 1 is 0.710 bits per heavy atom. The molecule has 31 heavy (non-hydrogen) atoms. The lowest BCUT2D eigenvalue weighted by atomic mass is 10.4. The number of nitrogens with zero attached hydrogens (tertiary/aromatic N) is 4. The van der Waals surface area contributed by atoms with Crippen LogP contribution in [0.1, 0.15) is 5.56 Å². The van der Waals surface area contributed by atoms with Crippen LogP contribution in [0.3, 0.4) is 0 Å². The standard InChI is InChI=1S/2C5H5N5O.C5H6N2O2/c2*6-5-9-3-2(4(11)10-5)7-1-8-3;1-3-2-6-5(9)7-4(3)8/h2*1H,(H4,6,7,8,9,10,11);2H,1H3,(H2,6,7,8,9). The molecule has 5 rings (SSSR count). The fourth-order valence-corrected chi connectivity index (χ4v) is 2.20. The van der Waals surface area contributed by atoms with Gasteiger partial charge in [0, 0.05) is 11.8 Å². The molecule has 0 unspecified atom stereocenters. The molecule has 0 saturated carbocycles. The summed E-state index contributed by atoms with van der Waals surface area (Å²) in [5.74, 6) is 0.157. The largest absolute Gasteiger partial charge is 0.369 e. The Morgan fingerprint density at radius 2 is 1.19 bits per heavy atom. The molecule has 160 valence electrons. The summed E-state index contributed by atoms with van der Waals surface area (Å²) in [6.45, 7) is 1.62. The minimum atomic E-state index is -0.467. The molecular formula is C15H16N12O4. The number of aromatic nitrogens is 10. The third kappa shape index (κ3) is 4.88. The summed E-state index contributed by atoms with van der Waals surface area (Å²) in [5.41, 5.74) is 11.0. The van der Waals surface area contributed by atoms with Gasteiger partial charge >= 0.3 is 5.69 Å². The lowest BCUT2D eigenvalue weighted by molar-refractivity contribution is 1.01. The van der Waals surface area contributed by atoms with Crippen molar-refractivity contribution in [2.75, 3.05) is 11.5 Å². The zero-order chi connectivity index (χ0) is 22.5. The van der Waals surface area contributed by atoms with Gasteiger partial charge in [0.15, 0.2) is 22.3 Å². The molecule has 0 aliphatic carbocycles. The number of H-pyrrole nitrogens is 6. The number of imidazole rings is 2. The van der Waals surface area contributed by atoms with E-state index in [0.717, 1.165) is 0 Å². The van der Waals surface area contributed by atoms with Crippen molar-refractivity contribution in [2.24, 2.45) is 0 Å². The molecule has 0 bridgehead atoms. The van der Waals surface area contributed by atoms with Crippen LogP contribution in [-0.2, 0) is 0 Å². The van der Waals surface area contributed by atoms with Gasteiger partial charge in [-0.3, -0.25) is 29.3 Å². The smallest absolute Gasteiger partial charge is 0.325 e. The van der Waals surface area contributed by atoms with Crippen molar-refractivity contribution in [1.82, 2.24) is 49.8 Å². The van der Waals surface area contributed by atoms with Crippen molar-refractivity contribution >= 4 is 34.2 Å². The van der Waals surface area contributed by atoms with Crippen LogP contribution in [0.4, 0.5) is 11.9 Å². The highest BCUT2D eigenvalue weighted by Crippen LogP contribution is 1.99. The van der Waals surface area contributed by atoms with E-state index in [4.69, 9.17) is 11.5 Å². The highest BCUT2D eigenvalue weighted by Gasteiger charge is 2.02. The fraction of sp³-hybridized carbons (Fsp3) is 0.0667. The zero-order valence-corrected chi connectivity index (χ0v) is 15.8. The molecule has 0 saturated heterocycles. The van der Waals surface area contributed by atoms with Crippen LogP contribution in [0.5, 0.6) is 0 Å². The Kier molecular flexibility index (Phi) is 5.71. The van der Waals surface area contributed by atoms with Gasteiger partial charge in [-0.1, -0.05) is 0 Å². The summed E-state index contributed by atoms with van der Waals surface area (Å²) >= 11 is 0. The van der Waals surface area contributed by atoms with Crippen molar-refractivity contribution in [3.63, 3.8) is 0 Å². The minimum Gasteiger partial charge on any atom is -0.369 e. The van der Waals surface area contributed by atoms with Crippen LogP contribution in [0, 0.1) is 6.92 Å². The van der Waals surface area contributed by atoms with Gasteiger partial charge in [-0.2, -0.15) is 9.97 Å². The SMILES string of the molecule is Cc1c[nH]c(=O)[nH]c1=O.Nc1nc2nc[nH]c2c(=O)[nH]1.Nc1nc2nc[nH]c2c(=O)[nH]1. The number of nitrogens with one attached hydrogen (secondary N) is 6. The van der Waals surface area contributed by atoms with E-state index in [1.54, 1.807) is 6.92 Å². The number of hydrogen-bond acceptors (Lipinski definition) is 10. The van der Waals surface area contributed by atoms with Crippen molar-refractivity contribution < 1.29 is 0 Å². The van der Waals surface area contributed by atoms with E-state index in [0.29, 0.717) is 27.9 Å². The van der Waals surface area contributed by atoms with Crippen LogP contribution in [0.2, 0.25) is 0 Å². The van der Waals surface area contributed by atoms with Gasteiger partial charge in [0.2, 0.25) is 11.9 Å². The van der Waals surface area contributed by atoms with Crippen LogP contribution in [0.25, 0.3) is 22.3 Å². The maximum atomic E-state index is 11.0. The third-order valence-corrected chi connectivity index (χ3v) is 3.63. The fourth-order valence-electron chi connectivity index (χ4n) is 2.20. The van der Waals surface area contributed by atoms with Gasteiger partial charge in [0.1, 0.15) is 0 Å². The van der Waals surface area contributed by atoms with Crippen LogP contribution in [-0.4, -0.2) is 49.8 Å². The molecule has 0 aromatic carbocycles. The number of aryl methyl sites for hydroxylation is 1. The number of rotatable bonds is 0. The minimum absolute atomic E-state index is 0.0783. The van der Waals surface area contributed by atoms with E-state index >= 15 is 0 Å². The molecule has 16 nitrogen and oxygen atoms in total. The molecule has 5 aromatic heterocycles. The molecule has 0 amide bonds. The van der Waals surface area contributed by atoms with Crippen molar-refractivity contribution in [1.29, 1.82) is 0 Å². The average molecular weight is 428 g/mol. The first-order valence-corrected chi connectivity index (χ1v) is 8.41. The predicted octanol–water partition coefficient (Wildman–Crippen LogP) is -2.17. The second kappa shape index (κ2) is 8.55. The maximum absolute atomic E-state index is 11.0.